The van der Waals surface area contributed by atoms with Crippen molar-refractivity contribution < 1.29 is 18.3 Å². The Bertz CT molecular complexity index is 614. The molecule has 0 fully saturated rings. The molecule has 1 aromatic carbocycles. The lowest BCUT2D eigenvalue weighted by Crippen LogP contribution is -2.36. The number of hydrogen-bond donors (Lipinski definition) is 2. The van der Waals surface area contributed by atoms with Crippen LogP contribution in [0.3, 0.4) is 0 Å². The average Bonchev–Trinajstić information content (AvgIpc) is 2.36. The summed E-state index contributed by atoms with van der Waals surface area (Å²) in [5, 5.41) is 8.74. The number of halogens is 1. The van der Waals surface area contributed by atoms with Crippen molar-refractivity contribution in [2.75, 3.05) is 12.8 Å². The standard InChI is InChI=1S/C12H16ClNO4S2/c1-12(2,19-3)7-14-20(17,18)8-4-5-9(11(15)16)10(13)6-8/h4-6,14H,7H2,1-3H3,(H,15,16). The molecular weight excluding hydrogens is 322 g/mol. The minimum Gasteiger partial charge on any atom is -0.478 e. The number of rotatable bonds is 6. The molecule has 0 unspecified atom stereocenters. The Morgan fingerprint density at radius 1 is 1.45 bits per heavy atom. The number of sulfonamides is 1. The zero-order valence-electron chi connectivity index (χ0n) is 11.3. The van der Waals surface area contributed by atoms with Crippen LogP contribution >= 0.6 is 23.4 Å². The predicted molar refractivity (Wildman–Crippen MR) is 81.2 cm³/mol. The Labute approximate surface area is 127 Å². The number of aromatic carboxylic acids is 1. The first-order valence-electron chi connectivity index (χ1n) is 5.67. The second-order valence-corrected chi connectivity index (χ2v) is 8.42. The Balaban J connectivity index is 2.99. The van der Waals surface area contributed by atoms with Crippen molar-refractivity contribution in [2.45, 2.75) is 23.5 Å². The van der Waals surface area contributed by atoms with Gasteiger partial charge in [-0.25, -0.2) is 17.9 Å². The molecule has 1 aromatic rings. The Hall–Kier alpha value is -0.760. The van der Waals surface area contributed by atoms with Crippen molar-refractivity contribution in [1.29, 1.82) is 0 Å². The van der Waals surface area contributed by atoms with Gasteiger partial charge in [-0.1, -0.05) is 11.6 Å². The van der Waals surface area contributed by atoms with E-state index in [0.29, 0.717) is 0 Å². The van der Waals surface area contributed by atoms with Gasteiger partial charge in [-0.15, -0.1) is 0 Å². The molecule has 0 heterocycles. The van der Waals surface area contributed by atoms with E-state index in [1.54, 1.807) is 11.8 Å². The van der Waals surface area contributed by atoms with Crippen molar-refractivity contribution in [1.82, 2.24) is 4.72 Å². The fourth-order valence-corrected chi connectivity index (χ4v) is 3.13. The lowest BCUT2D eigenvalue weighted by atomic mass is 10.2. The van der Waals surface area contributed by atoms with Crippen LogP contribution in [0.5, 0.6) is 0 Å². The number of carbonyl (C=O) groups is 1. The molecule has 0 aliphatic rings. The van der Waals surface area contributed by atoms with E-state index in [2.05, 4.69) is 4.72 Å². The molecule has 0 amide bonds. The second kappa shape index (κ2) is 6.34. The quantitative estimate of drug-likeness (QED) is 0.833. The molecule has 0 spiro atoms. The molecule has 1 rings (SSSR count). The van der Waals surface area contributed by atoms with E-state index in [1.165, 1.54) is 12.1 Å². The third-order valence-electron chi connectivity index (χ3n) is 2.72. The van der Waals surface area contributed by atoms with Gasteiger partial charge < -0.3 is 5.11 Å². The first kappa shape index (κ1) is 17.3. The molecule has 0 saturated heterocycles. The first-order chi connectivity index (χ1) is 9.09. The SMILES string of the molecule is CSC(C)(C)CNS(=O)(=O)c1ccc(C(=O)O)c(Cl)c1. The molecule has 0 saturated carbocycles. The number of carboxylic acids is 1. The minimum atomic E-state index is -3.71. The van der Waals surface area contributed by atoms with Gasteiger partial charge >= 0.3 is 5.97 Å². The highest BCUT2D eigenvalue weighted by Gasteiger charge is 2.22. The molecule has 2 N–H and O–H groups in total. The summed E-state index contributed by atoms with van der Waals surface area (Å²) in [7, 11) is -3.71. The van der Waals surface area contributed by atoms with Gasteiger partial charge in [0.15, 0.2) is 0 Å². The van der Waals surface area contributed by atoms with Crippen LogP contribution in [0.2, 0.25) is 5.02 Å². The van der Waals surface area contributed by atoms with Gasteiger partial charge in [0.1, 0.15) is 0 Å². The summed E-state index contributed by atoms with van der Waals surface area (Å²) >= 11 is 7.31. The smallest absolute Gasteiger partial charge is 0.337 e. The molecular formula is C12H16ClNO4S2. The monoisotopic (exact) mass is 337 g/mol. The summed E-state index contributed by atoms with van der Waals surface area (Å²) in [4.78, 5) is 10.8. The molecule has 5 nitrogen and oxygen atoms in total. The predicted octanol–water partition coefficient (Wildman–Crippen LogP) is 2.46. The van der Waals surface area contributed by atoms with Gasteiger partial charge in [0.05, 0.1) is 15.5 Å². The van der Waals surface area contributed by atoms with Crippen LogP contribution in [0, 0.1) is 0 Å². The molecule has 0 bridgehead atoms. The van der Waals surface area contributed by atoms with Crippen molar-refractivity contribution in [3.05, 3.63) is 28.8 Å². The number of hydrogen-bond acceptors (Lipinski definition) is 4. The zero-order valence-corrected chi connectivity index (χ0v) is 13.7. The Morgan fingerprint density at radius 3 is 2.50 bits per heavy atom. The number of thioether (sulfide) groups is 1. The summed E-state index contributed by atoms with van der Waals surface area (Å²) < 4.78 is 26.5. The maximum atomic E-state index is 12.1. The van der Waals surface area contributed by atoms with Crippen LogP contribution in [-0.2, 0) is 10.0 Å². The molecule has 112 valence electrons. The maximum Gasteiger partial charge on any atom is 0.337 e. The largest absolute Gasteiger partial charge is 0.478 e. The minimum absolute atomic E-state index is 0.0515. The number of nitrogens with one attached hydrogen (secondary N) is 1. The normalized spacial score (nSPS) is 12.4. The summed E-state index contributed by atoms with van der Waals surface area (Å²) in [5.41, 5.74) is -0.130. The van der Waals surface area contributed by atoms with Gasteiger partial charge in [0.2, 0.25) is 10.0 Å². The van der Waals surface area contributed by atoms with E-state index in [4.69, 9.17) is 16.7 Å². The molecule has 0 aliphatic carbocycles. The molecule has 0 atom stereocenters. The number of benzene rings is 1. The highest BCUT2D eigenvalue weighted by atomic mass is 35.5. The van der Waals surface area contributed by atoms with Gasteiger partial charge in [-0.3, -0.25) is 0 Å². The van der Waals surface area contributed by atoms with E-state index in [-0.39, 0.29) is 26.8 Å². The van der Waals surface area contributed by atoms with E-state index >= 15 is 0 Å². The van der Waals surface area contributed by atoms with Crippen LogP contribution in [-0.4, -0.2) is 37.0 Å². The van der Waals surface area contributed by atoms with Crippen LogP contribution in [0.15, 0.2) is 23.1 Å². The van der Waals surface area contributed by atoms with Crippen molar-refractivity contribution >= 4 is 39.4 Å². The van der Waals surface area contributed by atoms with Crippen molar-refractivity contribution in [2.24, 2.45) is 0 Å². The third-order valence-corrected chi connectivity index (χ3v) is 5.68. The first-order valence-corrected chi connectivity index (χ1v) is 8.75. The lowest BCUT2D eigenvalue weighted by molar-refractivity contribution is 0.0697. The summed E-state index contributed by atoms with van der Waals surface area (Å²) in [6.45, 7) is 4.09. The van der Waals surface area contributed by atoms with Crippen LogP contribution < -0.4 is 4.72 Å². The van der Waals surface area contributed by atoms with E-state index in [9.17, 15) is 13.2 Å². The van der Waals surface area contributed by atoms with Gasteiger partial charge in [0, 0.05) is 11.3 Å². The summed E-state index contributed by atoms with van der Waals surface area (Å²) in [5.74, 6) is -1.20. The second-order valence-electron chi connectivity index (χ2n) is 4.74. The molecule has 0 aliphatic heterocycles. The number of carboxylic acid groups (broad SMARTS) is 1. The topological polar surface area (TPSA) is 83.5 Å². The third kappa shape index (κ3) is 4.37. The van der Waals surface area contributed by atoms with Gasteiger partial charge in [-0.05, 0) is 38.3 Å². The van der Waals surface area contributed by atoms with Crippen LogP contribution in [0.25, 0.3) is 0 Å². The van der Waals surface area contributed by atoms with Crippen molar-refractivity contribution in [3.63, 3.8) is 0 Å². The fourth-order valence-electron chi connectivity index (χ4n) is 1.26. The molecule has 20 heavy (non-hydrogen) atoms. The average molecular weight is 338 g/mol. The highest BCUT2D eigenvalue weighted by molar-refractivity contribution is 8.00. The molecule has 0 radical (unpaired) electrons. The Morgan fingerprint density at radius 2 is 2.05 bits per heavy atom. The zero-order chi connectivity index (χ0) is 15.6. The van der Waals surface area contributed by atoms with E-state index in [1.807, 2.05) is 20.1 Å². The van der Waals surface area contributed by atoms with Crippen LogP contribution in [0.4, 0.5) is 0 Å². The fraction of sp³-hybridized carbons (Fsp3) is 0.417. The summed E-state index contributed by atoms with van der Waals surface area (Å²) in [6.07, 6.45) is 1.90. The van der Waals surface area contributed by atoms with Crippen LogP contribution in [0.1, 0.15) is 24.2 Å². The Kier molecular flexibility index (Phi) is 5.48. The van der Waals surface area contributed by atoms with Gasteiger partial charge in [0.25, 0.3) is 0 Å². The molecule has 0 aromatic heterocycles. The van der Waals surface area contributed by atoms with E-state index < -0.39 is 16.0 Å². The molecule has 8 heteroatoms. The summed E-state index contributed by atoms with van der Waals surface area (Å²) in [6, 6.07) is 3.54. The van der Waals surface area contributed by atoms with Gasteiger partial charge in [-0.2, -0.15) is 11.8 Å². The lowest BCUT2D eigenvalue weighted by Gasteiger charge is -2.22. The maximum absolute atomic E-state index is 12.1. The van der Waals surface area contributed by atoms with E-state index in [0.717, 1.165) is 6.07 Å². The van der Waals surface area contributed by atoms with Crippen molar-refractivity contribution in [3.8, 4) is 0 Å². The highest BCUT2D eigenvalue weighted by Crippen LogP contribution is 2.23.